The Morgan fingerprint density at radius 1 is 1.42 bits per heavy atom. The topological polar surface area (TPSA) is 54.6 Å². The van der Waals surface area contributed by atoms with E-state index < -0.39 is 0 Å². The van der Waals surface area contributed by atoms with Crippen molar-refractivity contribution in [2.75, 3.05) is 0 Å². The standard InChI is InChI=1S/C8H6N2O2/c11-7-5-8(12)10-4-2-1-3-6(10)9-7/h1-5,11H. The van der Waals surface area contributed by atoms with Gasteiger partial charge >= 0.3 is 0 Å². The van der Waals surface area contributed by atoms with Gasteiger partial charge in [0.05, 0.1) is 6.07 Å². The highest BCUT2D eigenvalue weighted by molar-refractivity contribution is 5.38. The highest BCUT2D eigenvalue weighted by Gasteiger charge is 1.97. The first-order valence-electron chi connectivity index (χ1n) is 3.45. The summed E-state index contributed by atoms with van der Waals surface area (Å²) in [7, 11) is 0. The van der Waals surface area contributed by atoms with Crippen LogP contribution in [0.15, 0.2) is 35.3 Å². The van der Waals surface area contributed by atoms with Crippen molar-refractivity contribution in [3.05, 3.63) is 40.8 Å². The molecule has 0 amide bonds. The molecule has 0 radical (unpaired) electrons. The van der Waals surface area contributed by atoms with Crippen molar-refractivity contribution in [3.63, 3.8) is 0 Å². The second-order valence-corrected chi connectivity index (χ2v) is 2.38. The van der Waals surface area contributed by atoms with Gasteiger partial charge in [-0.2, -0.15) is 4.98 Å². The van der Waals surface area contributed by atoms with Gasteiger partial charge in [0.25, 0.3) is 5.56 Å². The second kappa shape index (κ2) is 2.34. The molecule has 12 heavy (non-hydrogen) atoms. The molecule has 4 heteroatoms. The maximum Gasteiger partial charge on any atom is 0.261 e. The third-order valence-electron chi connectivity index (χ3n) is 1.56. The SMILES string of the molecule is O=c1cc(O)nc2ccccn12. The van der Waals surface area contributed by atoms with Gasteiger partial charge in [0, 0.05) is 6.20 Å². The molecule has 2 aromatic heterocycles. The highest BCUT2D eigenvalue weighted by atomic mass is 16.3. The summed E-state index contributed by atoms with van der Waals surface area (Å²) in [5.74, 6) is -0.244. The van der Waals surface area contributed by atoms with E-state index in [-0.39, 0.29) is 11.4 Å². The van der Waals surface area contributed by atoms with E-state index in [0.717, 1.165) is 6.07 Å². The molecule has 60 valence electrons. The molecule has 1 N–H and O–H groups in total. The predicted octanol–water partition coefficient (Wildman–Crippen LogP) is 0.400. The van der Waals surface area contributed by atoms with Crippen molar-refractivity contribution < 1.29 is 5.11 Å². The zero-order chi connectivity index (χ0) is 8.55. The molecule has 0 spiro atoms. The van der Waals surface area contributed by atoms with Crippen LogP contribution in [0.1, 0.15) is 0 Å². The smallest absolute Gasteiger partial charge is 0.261 e. The molecule has 0 fully saturated rings. The van der Waals surface area contributed by atoms with E-state index in [2.05, 4.69) is 4.98 Å². The second-order valence-electron chi connectivity index (χ2n) is 2.38. The number of rotatable bonds is 0. The minimum atomic E-state index is -0.280. The summed E-state index contributed by atoms with van der Waals surface area (Å²) in [6.07, 6.45) is 1.60. The van der Waals surface area contributed by atoms with Gasteiger partial charge in [0.15, 0.2) is 0 Å². The van der Waals surface area contributed by atoms with Gasteiger partial charge in [-0.05, 0) is 12.1 Å². The third-order valence-corrected chi connectivity index (χ3v) is 1.56. The lowest BCUT2D eigenvalue weighted by Gasteiger charge is -1.97. The molecule has 0 aliphatic rings. The van der Waals surface area contributed by atoms with Crippen LogP contribution < -0.4 is 5.56 Å². The van der Waals surface area contributed by atoms with Crippen LogP contribution in [0.2, 0.25) is 0 Å². The van der Waals surface area contributed by atoms with Gasteiger partial charge in [-0.3, -0.25) is 9.20 Å². The van der Waals surface area contributed by atoms with Gasteiger partial charge in [-0.15, -0.1) is 0 Å². The van der Waals surface area contributed by atoms with Gasteiger partial charge in [-0.25, -0.2) is 0 Å². The van der Waals surface area contributed by atoms with Crippen molar-refractivity contribution in [2.24, 2.45) is 0 Å². The van der Waals surface area contributed by atoms with Gasteiger partial charge < -0.3 is 5.11 Å². The largest absolute Gasteiger partial charge is 0.493 e. The Morgan fingerprint density at radius 3 is 3.08 bits per heavy atom. The number of hydrogen-bond acceptors (Lipinski definition) is 3. The maximum atomic E-state index is 11.2. The molecule has 2 aromatic rings. The van der Waals surface area contributed by atoms with Crippen molar-refractivity contribution in [1.29, 1.82) is 0 Å². The molecular formula is C8H6N2O2. The van der Waals surface area contributed by atoms with Crippen LogP contribution in [0.5, 0.6) is 5.88 Å². The third kappa shape index (κ3) is 0.934. The van der Waals surface area contributed by atoms with E-state index in [4.69, 9.17) is 5.11 Å². The number of aromatic nitrogens is 2. The van der Waals surface area contributed by atoms with Crippen molar-refractivity contribution in [1.82, 2.24) is 9.38 Å². The molecule has 0 aliphatic carbocycles. The Labute approximate surface area is 67.7 Å². The molecule has 0 saturated heterocycles. The van der Waals surface area contributed by atoms with Crippen LogP contribution in [0.4, 0.5) is 0 Å². The Kier molecular flexibility index (Phi) is 1.33. The lowest BCUT2D eigenvalue weighted by atomic mass is 10.4. The molecule has 2 rings (SSSR count). The maximum absolute atomic E-state index is 11.2. The Hall–Kier alpha value is -1.84. The van der Waals surface area contributed by atoms with Gasteiger partial charge in [-0.1, -0.05) is 6.07 Å². The summed E-state index contributed by atoms with van der Waals surface area (Å²) >= 11 is 0. The molecule has 0 saturated carbocycles. The number of pyridine rings is 1. The Balaban J connectivity index is 2.99. The first-order valence-corrected chi connectivity index (χ1v) is 3.45. The molecule has 0 atom stereocenters. The summed E-state index contributed by atoms with van der Waals surface area (Å²) in [6.45, 7) is 0. The average Bonchev–Trinajstić information content (AvgIpc) is 2.04. The first-order chi connectivity index (χ1) is 5.77. The summed E-state index contributed by atoms with van der Waals surface area (Å²) in [5.41, 5.74) is 0.167. The van der Waals surface area contributed by atoms with Gasteiger partial charge in [0.2, 0.25) is 5.88 Å². The number of fused-ring (bicyclic) bond motifs is 1. The first kappa shape index (κ1) is 6.84. The summed E-state index contributed by atoms with van der Waals surface area (Å²) in [6, 6.07) is 6.21. The van der Waals surface area contributed by atoms with Crippen LogP contribution in [-0.4, -0.2) is 14.5 Å². The fourth-order valence-electron chi connectivity index (χ4n) is 1.04. The Morgan fingerprint density at radius 2 is 2.25 bits per heavy atom. The van der Waals surface area contributed by atoms with Crippen LogP contribution in [0.25, 0.3) is 5.65 Å². The molecular weight excluding hydrogens is 156 g/mol. The number of hydrogen-bond donors (Lipinski definition) is 1. The fourth-order valence-corrected chi connectivity index (χ4v) is 1.04. The zero-order valence-corrected chi connectivity index (χ0v) is 6.14. The van der Waals surface area contributed by atoms with E-state index in [1.165, 1.54) is 4.40 Å². The average molecular weight is 162 g/mol. The molecule has 0 aromatic carbocycles. The molecule has 0 unspecified atom stereocenters. The van der Waals surface area contributed by atoms with E-state index in [1.54, 1.807) is 24.4 Å². The van der Waals surface area contributed by atoms with E-state index in [9.17, 15) is 4.79 Å². The fraction of sp³-hybridized carbons (Fsp3) is 0. The quantitative estimate of drug-likeness (QED) is 0.610. The van der Waals surface area contributed by atoms with E-state index in [0.29, 0.717) is 5.65 Å². The van der Waals surface area contributed by atoms with E-state index in [1.807, 2.05) is 0 Å². The number of aromatic hydroxyl groups is 1. The van der Waals surface area contributed by atoms with E-state index >= 15 is 0 Å². The summed E-state index contributed by atoms with van der Waals surface area (Å²) in [4.78, 5) is 14.9. The minimum absolute atomic E-state index is 0.244. The monoisotopic (exact) mass is 162 g/mol. The molecule has 4 nitrogen and oxygen atoms in total. The summed E-state index contributed by atoms with van der Waals surface area (Å²) in [5, 5.41) is 8.99. The number of nitrogens with zero attached hydrogens (tertiary/aromatic N) is 2. The molecule has 2 heterocycles. The Bertz CT molecular complexity index is 476. The minimum Gasteiger partial charge on any atom is -0.493 e. The van der Waals surface area contributed by atoms with Crippen molar-refractivity contribution in [2.45, 2.75) is 0 Å². The van der Waals surface area contributed by atoms with Crippen molar-refractivity contribution in [3.8, 4) is 5.88 Å². The summed E-state index contributed by atoms with van der Waals surface area (Å²) < 4.78 is 1.36. The van der Waals surface area contributed by atoms with Crippen LogP contribution >= 0.6 is 0 Å². The normalized spacial score (nSPS) is 10.3. The molecule has 0 bridgehead atoms. The highest BCUT2D eigenvalue weighted by Crippen LogP contribution is 2.01. The van der Waals surface area contributed by atoms with Crippen LogP contribution in [-0.2, 0) is 0 Å². The van der Waals surface area contributed by atoms with Gasteiger partial charge in [0.1, 0.15) is 5.65 Å². The predicted molar refractivity (Wildman–Crippen MR) is 43.1 cm³/mol. The lowest BCUT2D eigenvalue weighted by molar-refractivity contribution is 0.453. The lowest BCUT2D eigenvalue weighted by Crippen LogP contribution is -2.12. The van der Waals surface area contributed by atoms with Crippen LogP contribution in [0.3, 0.4) is 0 Å². The van der Waals surface area contributed by atoms with Crippen LogP contribution in [0, 0.1) is 0 Å². The molecule has 0 aliphatic heterocycles. The van der Waals surface area contributed by atoms with Crippen molar-refractivity contribution >= 4 is 5.65 Å². The zero-order valence-electron chi connectivity index (χ0n) is 6.14.